The lowest BCUT2D eigenvalue weighted by Crippen LogP contribution is -2.44. The highest BCUT2D eigenvalue weighted by Crippen LogP contribution is 2.18. The lowest BCUT2D eigenvalue weighted by molar-refractivity contribution is 0.0910. The fourth-order valence-corrected chi connectivity index (χ4v) is 3.55. The highest BCUT2D eigenvalue weighted by atomic mass is 16.1. The summed E-state index contributed by atoms with van der Waals surface area (Å²) >= 11 is 0. The maximum absolute atomic E-state index is 12.7. The zero-order valence-electron chi connectivity index (χ0n) is 14.6. The van der Waals surface area contributed by atoms with E-state index in [1.165, 1.54) is 5.56 Å². The van der Waals surface area contributed by atoms with Gasteiger partial charge in [0.15, 0.2) is 0 Å². The zero-order chi connectivity index (χ0) is 17.8. The maximum Gasteiger partial charge on any atom is 0.252 e. The Hall–Kier alpha value is -2.79. The van der Waals surface area contributed by atoms with Crippen LogP contribution in [-0.4, -0.2) is 39.9 Å². The van der Waals surface area contributed by atoms with Gasteiger partial charge in [-0.3, -0.25) is 19.7 Å². The van der Waals surface area contributed by atoms with Gasteiger partial charge >= 0.3 is 0 Å². The van der Waals surface area contributed by atoms with Crippen molar-refractivity contribution in [1.29, 1.82) is 0 Å². The Morgan fingerprint density at radius 3 is 2.65 bits per heavy atom. The third kappa shape index (κ3) is 3.73. The average Bonchev–Trinajstić information content (AvgIpc) is 2.70. The van der Waals surface area contributed by atoms with Crippen LogP contribution in [0.5, 0.6) is 0 Å². The van der Waals surface area contributed by atoms with Gasteiger partial charge in [-0.05, 0) is 48.7 Å². The summed E-state index contributed by atoms with van der Waals surface area (Å²) in [5.74, 6) is -0.00353. The summed E-state index contributed by atoms with van der Waals surface area (Å²) in [5, 5.41) is 4.11. The molecule has 1 aromatic carbocycles. The Kier molecular flexibility index (Phi) is 4.88. The topological polar surface area (TPSA) is 58.1 Å². The third-order valence-corrected chi connectivity index (χ3v) is 4.97. The van der Waals surface area contributed by atoms with Crippen LogP contribution in [0.15, 0.2) is 61.1 Å². The first-order chi connectivity index (χ1) is 12.8. The van der Waals surface area contributed by atoms with Crippen molar-refractivity contribution in [2.24, 2.45) is 0 Å². The minimum Gasteiger partial charge on any atom is -0.349 e. The number of likely N-dealkylation sites (tertiary alicyclic amines) is 1. The van der Waals surface area contributed by atoms with Crippen molar-refractivity contribution in [2.45, 2.75) is 25.4 Å². The molecule has 0 spiro atoms. The largest absolute Gasteiger partial charge is 0.349 e. The normalized spacial score (nSPS) is 15.8. The number of rotatable bonds is 4. The summed E-state index contributed by atoms with van der Waals surface area (Å²) < 4.78 is 0. The third-order valence-electron chi connectivity index (χ3n) is 4.97. The van der Waals surface area contributed by atoms with Gasteiger partial charge in [0.25, 0.3) is 5.91 Å². The van der Waals surface area contributed by atoms with Crippen molar-refractivity contribution in [2.75, 3.05) is 13.1 Å². The predicted molar refractivity (Wildman–Crippen MR) is 102 cm³/mol. The number of hydrogen-bond donors (Lipinski definition) is 1. The van der Waals surface area contributed by atoms with Crippen molar-refractivity contribution in [1.82, 2.24) is 20.2 Å². The Morgan fingerprint density at radius 2 is 1.85 bits per heavy atom. The molecule has 1 amide bonds. The summed E-state index contributed by atoms with van der Waals surface area (Å²) in [5.41, 5.74) is 2.84. The SMILES string of the molecule is O=C(NC1CCN(Cc2ccncc2)CC1)c1cccc2ncccc12. The van der Waals surface area contributed by atoms with Gasteiger partial charge < -0.3 is 5.32 Å². The van der Waals surface area contributed by atoms with Crippen LogP contribution in [-0.2, 0) is 6.54 Å². The number of pyridine rings is 2. The van der Waals surface area contributed by atoms with Gasteiger partial charge in [-0.25, -0.2) is 0 Å². The van der Waals surface area contributed by atoms with Gasteiger partial charge in [-0.2, -0.15) is 0 Å². The molecular formula is C21H22N4O. The number of hydrogen-bond acceptors (Lipinski definition) is 4. The Bertz CT molecular complexity index is 883. The van der Waals surface area contributed by atoms with Crippen LogP contribution in [0.2, 0.25) is 0 Å². The van der Waals surface area contributed by atoms with Gasteiger partial charge in [0, 0.05) is 55.2 Å². The number of piperidine rings is 1. The van der Waals surface area contributed by atoms with Crippen molar-refractivity contribution < 1.29 is 4.79 Å². The van der Waals surface area contributed by atoms with Crippen LogP contribution in [0.4, 0.5) is 0 Å². The van der Waals surface area contributed by atoms with E-state index in [-0.39, 0.29) is 11.9 Å². The molecule has 1 N–H and O–H groups in total. The molecule has 3 heterocycles. The van der Waals surface area contributed by atoms with E-state index in [0.717, 1.165) is 43.4 Å². The van der Waals surface area contributed by atoms with Crippen LogP contribution in [0.3, 0.4) is 0 Å². The number of fused-ring (bicyclic) bond motifs is 1. The molecule has 2 aromatic heterocycles. The summed E-state index contributed by atoms with van der Waals surface area (Å²) in [6.07, 6.45) is 7.37. The molecule has 3 aromatic rings. The quantitative estimate of drug-likeness (QED) is 0.789. The van der Waals surface area contributed by atoms with Crippen molar-refractivity contribution in [3.05, 3.63) is 72.2 Å². The molecular weight excluding hydrogens is 324 g/mol. The van der Waals surface area contributed by atoms with Crippen molar-refractivity contribution in [3.8, 4) is 0 Å². The lowest BCUT2D eigenvalue weighted by Gasteiger charge is -2.32. The molecule has 0 aliphatic carbocycles. The van der Waals surface area contributed by atoms with Crippen LogP contribution >= 0.6 is 0 Å². The number of amides is 1. The zero-order valence-corrected chi connectivity index (χ0v) is 14.6. The number of carbonyl (C=O) groups excluding carboxylic acids is 1. The number of benzene rings is 1. The molecule has 4 rings (SSSR count). The molecule has 0 atom stereocenters. The number of nitrogens with one attached hydrogen (secondary N) is 1. The second-order valence-corrected chi connectivity index (χ2v) is 6.76. The van der Waals surface area contributed by atoms with Crippen molar-refractivity contribution in [3.63, 3.8) is 0 Å². The van der Waals surface area contributed by atoms with E-state index in [0.29, 0.717) is 5.56 Å². The van der Waals surface area contributed by atoms with Gasteiger partial charge in [0.05, 0.1) is 5.52 Å². The smallest absolute Gasteiger partial charge is 0.252 e. The fourth-order valence-electron chi connectivity index (χ4n) is 3.55. The van der Waals surface area contributed by atoms with Crippen LogP contribution < -0.4 is 5.32 Å². The van der Waals surface area contributed by atoms with E-state index < -0.39 is 0 Å². The molecule has 0 saturated carbocycles. The molecule has 0 unspecified atom stereocenters. The van der Waals surface area contributed by atoms with Gasteiger partial charge in [0.1, 0.15) is 0 Å². The standard InChI is InChI=1S/C21H22N4O/c26-21(19-3-1-5-20-18(19)4-2-10-23-20)24-17-8-13-25(14-9-17)15-16-6-11-22-12-7-16/h1-7,10-12,17H,8-9,13-15H2,(H,24,26). The molecule has 1 aliphatic rings. The van der Waals surface area contributed by atoms with E-state index in [2.05, 4.69) is 32.3 Å². The minimum absolute atomic E-state index is 0.00353. The van der Waals surface area contributed by atoms with Gasteiger partial charge in [-0.1, -0.05) is 12.1 Å². The molecule has 26 heavy (non-hydrogen) atoms. The Balaban J connectivity index is 1.36. The van der Waals surface area contributed by atoms with Crippen molar-refractivity contribution >= 4 is 16.8 Å². The minimum atomic E-state index is -0.00353. The molecule has 0 radical (unpaired) electrons. The van der Waals surface area contributed by atoms with E-state index in [4.69, 9.17) is 0 Å². The van der Waals surface area contributed by atoms with E-state index in [1.54, 1.807) is 6.20 Å². The van der Waals surface area contributed by atoms with Crippen LogP contribution in [0.1, 0.15) is 28.8 Å². The summed E-state index contributed by atoms with van der Waals surface area (Å²) in [6.45, 7) is 2.92. The Morgan fingerprint density at radius 1 is 1.04 bits per heavy atom. The highest BCUT2D eigenvalue weighted by Gasteiger charge is 2.22. The molecule has 0 bridgehead atoms. The second-order valence-electron chi connectivity index (χ2n) is 6.76. The molecule has 132 valence electrons. The molecule has 1 aliphatic heterocycles. The first-order valence-electron chi connectivity index (χ1n) is 9.05. The maximum atomic E-state index is 12.7. The van der Waals surface area contributed by atoms with Crippen LogP contribution in [0.25, 0.3) is 10.9 Å². The lowest BCUT2D eigenvalue weighted by atomic mass is 10.0. The van der Waals surface area contributed by atoms with E-state index in [9.17, 15) is 4.79 Å². The number of aromatic nitrogens is 2. The van der Waals surface area contributed by atoms with Gasteiger partial charge in [0.2, 0.25) is 0 Å². The monoisotopic (exact) mass is 346 g/mol. The van der Waals surface area contributed by atoms with E-state index in [1.807, 2.05) is 42.7 Å². The first-order valence-corrected chi connectivity index (χ1v) is 9.05. The fraction of sp³-hybridized carbons (Fsp3) is 0.286. The van der Waals surface area contributed by atoms with Gasteiger partial charge in [-0.15, -0.1) is 0 Å². The molecule has 1 fully saturated rings. The molecule has 5 heteroatoms. The highest BCUT2D eigenvalue weighted by molar-refractivity contribution is 6.06. The molecule has 5 nitrogen and oxygen atoms in total. The van der Waals surface area contributed by atoms with E-state index >= 15 is 0 Å². The predicted octanol–water partition coefficient (Wildman–Crippen LogP) is 3.02. The Labute approximate surface area is 153 Å². The second kappa shape index (κ2) is 7.62. The average molecular weight is 346 g/mol. The summed E-state index contributed by atoms with van der Waals surface area (Å²) in [4.78, 5) is 23.6. The summed E-state index contributed by atoms with van der Waals surface area (Å²) in [6, 6.07) is 13.9. The number of carbonyl (C=O) groups is 1. The summed E-state index contributed by atoms with van der Waals surface area (Å²) in [7, 11) is 0. The first kappa shape index (κ1) is 16.7. The number of nitrogens with zero attached hydrogens (tertiary/aromatic N) is 3. The van der Waals surface area contributed by atoms with Crippen LogP contribution in [0, 0.1) is 0 Å². The molecule has 1 saturated heterocycles.